The van der Waals surface area contributed by atoms with Gasteiger partial charge in [-0.1, -0.05) is 42.5 Å². The minimum atomic E-state index is -1.04. The van der Waals surface area contributed by atoms with E-state index in [1.807, 2.05) is 61.5 Å². The number of hydrogen-bond donors (Lipinski definition) is 3. The molecule has 2 aromatic rings. The van der Waals surface area contributed by atoms with Crippen LogP contribution < -0.4 is 10.6 Å². The number of halogens is 1. The third-order valence-electron chi connectivity index (χ3n) is 4.57. The molecule has 0 bridgehead atoms. The van der Waals surface area contributed by atoms with Gasteiger partial charge in [0.05, 0.1) is 6.54 Å². The molecule has 0 aliphatic rings. The zero-order valence-corrected chi connectivity index (χ0v) is 20.5. The number of nitrogens with one attached hydrogen (secondary N) is 2. The summed E-state index contributed by atoms with van der Waals surface area (Å²) in [5.41, 5.74) is 1.57. The number of carbonyl (C=O) groups excluding carboxylic acids is 1. The molecular weight excluding hydrogens is 491 g/mol. The summed E-state index contributed by atoms with van der Waals surface area (Å²) >= 11 is 0. The number of hydrogen-bond acceptors (Lipinski definition) is 3. The Bertz CT molecular complexity index is 823. The highest BCUT2D eigenvalue weighted by Gasteiger charge is 2.22. The number of nitrogens with zero attached hydrogens (tertiary/aromatic N) is 2. The first-order valence-corrected chi connectivity index (χ1v) is 9.94. The molecule has 0 heterocycles. The largest absolute Gasteiger partial charge is 0.384 e. The third-order valence-corrected chi connectivity index (χ3v) is 4.57. The summed E-state index contributed by atoms with van der Waals surface area (Å²) in [7, 11) is 3.50. The maximum absolute atomic E-state index is 12.1. The smallest absolute Gasteiger partial charge is 0.253 e. The summed E-state index contributed by atoms with van der Waals surface area (Å²) in [4.78, 5) is 18.2. The molecule has 2 aromatic carbocycles. The van der Waals surface area contributed by atoms with Crippen molar-refractivity contribution in [2.75, 3.05) is 33.7 Å². The summed E-state index contributed by atoms with van der Waals surface area (Å²) in [6, 6.07) is 17.2. The van der Waals surface area contributed by atoms with Gasteiger partial charge < -0.3 is 20.6 Å². The van der Waals surface area contributed by atoms with Crippen LogP contribution in [0.2, 0.25) is 0 Å². The standard InChI is InChI=1S/C23H32N4O2.HI/c1-5-24-22(26-17-23(2,29)20-12-7-6-8-13-20)25-15-14-18-10-9-11-19(16-18)21(28)27(3)4;/h6-13,16,29H,5,14-15,17H2,1-4H3,(H2,24,25,26);1H. The minimum absolute atomic E-state index is 0. The van der Waals surface area contributed by atoms with Crippen LogP contribution in [-0.2, 0) is 12.0 Å². The molecule has 7 heteroatoms. The molecule has 6 nitrogen and oxygen atoms in total. The van der Waals surface area contributed by atoms with Crippen molar-refractivity contribution < 1.29 is 9.90 Å². The van der Waals surface area contributed by atoms with Gasteiger partial charge in [-0.05, 0) is 43.5 Å². The van der Waals surface area contributed by atoms with Crippen LogP contribution in [0, 0.1) is 0 Å². The second-order valence-electron chi connectivity index (χ2n) is 7.41. The van der Waals surface area contributed by atoms with Gasteiger partial charge in [0.25, 0.3) is 5.91 Å². The summed E-state index contributed by atoms with van der Waals surface area (Å²) in [5.74, 6) is 0.655. The van der Waals surface area contributed by atoms with Crippen LogP contribution in [0.5, 0.6) is 0 Å². The highest BCUT2D eigenvalue weighted by molar-refractivity contribution is 14.0. The van der Waals surface area contributed by atoms with Crippen LogP contribution in [0.3, 0.4) is 0 Å². The molecule has 0 radical (unpaired) electrons. The predicted molar refractivity (Wildman–Crippen MR) is 134 cm³/mol. The SMILES string of the molecule is CCNC(=NCC(C)(O)c1ccccc1)NCCc1cccc(C(=O)N(C)C)c1.I. The highest BCUT2D eigenvalue weighted by Crippen LogP contribution is 2.20. The van der Waals surface area contributed by atoms with Crippen molar-refractivity contribution >= 4 is 35.8 Å². The van der Waals surface area contributed by atoms with Gasteiger partial charge in [-0.2, -0.15) is 0 Å². The fourth-order valence-corrected chi connectivity index (χ4v) is 2.91. The van der Waals surface area contributed by atoms with Gasteiger partial charge >= 0.3 is 0 Å². The maximum atomic E-state index is 12.1. The van der Waals surface area contributed by atoms with Crippen molar-refractivity contribution in [2.45, 2.75) is 25.9 Å². The lowest BCUT2D eigenvalue weighted by atomic mass is 9.96. The first kappa shape index (κ1) is 25.9. The molecule has 1 atom stereocenters. The van der Waals surface area contributed by atoms with E-state index in [9.17, 15) is 9.90 Å². The lowest BCUT2D eigenvalue weighted by Gasteiger charge is -2.22. The van der Waals surface area contributed by atoms with E-state index in [0.717, 1.165) is 24.1 Å². The number of benzene rings is 2. The quantitative estimate of drug-likeness (QED) is 0.282. The molecule has 0 fully saturated rings. The van der Waals surface area contributed by atoms with Crippen molar-refractivity contribution in [3.63, 3.8) is 0 Å². The molecule has 0 aliphatic heterocycles. The van der Waals surface area contributed by atoms with E-state index in [4.69, 9.17) is 0 Å². The van der Waals surface area contributed by atoms with Crippen LogP contribution in [0.25, 0.3) is 0 Å². The summed E-state index contributed by atoms with van der Waals surface area (Å²) in [6.45, 7) is 5.41. The molecule has 3 N–H and O–H groups in total. The number of amides is 1. The molecule has 0 spiro atoms. The molecule has 164 valence electrons. The van der Waals surface area contributed by atoms with E-state index in [-0.39, 0.29) is 36.4 Å². The van der Waals surface area contributed by atoms with Gasteiger partial charge in [-0.25, -0.2) is 4.99 Å². The average molecular weight is 524 g/mol. The number of aliphatic imine (C=N–C) groups is 1. The highest BCUT2D eigenvalue weighted by atomic mass is 127. The van der Waals surface area contributed by atoms with Crippen molar-refractivity contribution in [3.8, 4) is 0 Å². The lowest BCUT2D eigenvalue weighted by molar-refractivity contribution is 0.0672. The Balaban J connectivity index is 0.00000450. The van der Waals surface area contributed by atoms with E-state index in [1.54, 1.807) is 25.9 Å². The molecule has 1 unspecified atom stereocenters. The molecule has 1 amide bonds. The van der Waals surface area contributed by atoms with Gasteiger partial charge in [0, 0.05) is 32.7 Å². The lowest BCUT2D eigenvalue weighted by Crippen LogP contribution is -2.39. The molecule has 0 saturated carbocycles. The molecule has 2 rings (SSSR count). The first-order valence-electron chi connectivity index (χ1n) is 9.94. The van der Waals surface area contributed by atoms with Gasteiger partial charge in [0.15, 0.2) is 5.96 Å². The Morgan fingerprint density at radius 1 is 1.10 bits per heavy atom. The zero-order chi connectivity index (χ0) is 21.3. The summed E-state index contributed by atoms with van der Waals surface area (Å²) in [6.07, 6.45) is 0.758. The second-order valence-corrected chi connectivity index (χ2v) is 7.41. The van der Waals surface area contributed by atoms with Crippen LogP contribution in [-0.4, -0.2) is 55.6 Å². The van der Waals surface area contributed by atoms with E-state index in [0.29, 0.717) is 18.1 Å². The topological polar surface area (TPSA) is 77.0 Å². The molecule has 0 aromatic heterocycles. The van der Waals surface area contributed by atoms with Crippen molar-refractivity contribution in [1.29, 1.82) is 0 Å². The van der Waals surface area contributed by atoms with Gasteiger partial charge in [0.1, 0.15) is 5.60 Å². The minimum Gasteiger partial charge on any atom is -0.384 e. The first-order chi connectivity index (χ1) is 13.8. The summed E-state index contributed by atoms with van der Waals surface area (Å²) in [5, 5.41) is 17.2. The maximum Gasteiger partial charge on any atom is 0.253 e. The Hall–Kier alpha value is -2.13. The molecule has 0 saturated heterocycles. The van der Waals surface area contributed by atoms with E-state index in [1.165, 1.54) is 0 Å². The number of carbonyl (C=O) groups is 1. The van der Waals surface area contributed by atoms with Crippen LogP contribution >= 0.6 is 24.0 Å². The van der Waals surface area contributed by atoms with Gasteiger partial charge in [0.2, 0.25) is 0 Å². The molecule has 30 heavy (non-hydrogen) atoms. The van der Waals surface area contributed by atoms with Crippen molar-refractivity contribution in [1.82, 2.24) is 15.5 Å². The number of aliphatic hydroxyl groups is 1. The summed E-state index contributed by atoms with van der Waals surface area (Å²) < 4.78 is 0. The van der Waals surface area contributed by atoms with Crippen molar-refractivity contribution in [3.05, 3.63) is 71.3 Å². The van der Waals surface area contributed by atoms with Crippen LogP contribution in [0.4, 0.5) is 0 Å². The number of guanidine groups is 1. The Kier molecular flexibility index (Phi) is 10.8. The van der Waals surface area contributed by atoms with E-state index in [2.05, 4.69) is 15.6 Å². The monoisotopic (exact) mass is 524 g/mol. The van der Waals surface area contributed by atoms with Crippen molar-refractivity contribution in [2.24, 2.45) is 4.99 Å². The normalized spacial score (nSPS) is 13.0. The Morgan fingerprint density at radius 2 is 1.80 bits per heavy atom. The van der Waals surface area contributed by atoms with Crippen LogP contribution in [0.15, 0.2) is 59.6 Å². The Labute approximate surface area is 196 Å². The second kappa shape index (κ2) is 12.5. The average Bonchev–Trinajstić information content (AvgIpc) is 2.72. The van der Waals surface area contributed by atoms with Gasteiger partial charge in [-0.3, -0.25) is 4.79 Å². The Morgan fingerprint density at radius 3 is 2.43 bits per heavy atom. The zero-order valence-electron chi connectivity index (χ0n) is 18.2. The van der Waals surface area contributed by atoms with E-state index >= 15 is 0 Å². The fourth-order valence-electron chi connectivity index (χ4n) is 2.91. The van der Waals surface area contributed by atoms with Gasteiger partial charge in [-0.15, -0.1) is 24.0 Å². The fraction of sp³-hybridized carbons (Fsp3) is 0.391. The molecule has 0 aliphatic carbocycles. The number of rotatable bonds is 8. The van der Waals surface area contributed by atoms with Crippen LogP contribution in [0.1, 0.15) is 35.3 Å². The predicted octanol–water partition coefficient (Wildman–Crippen LogP) is 3.01. The van der Waals surface area contributed by atoms with E-state index < -0.39 is 5.60 Å². The molecular formula is C23H33IN4O2. The third kappa shape index (κ3) is 7.95.